The molecule has 2 heteroatoms. The van der Waals surface area contributed by atoms with E-state index < -0.39 is 0 Å². The first-order valence-electron chi connectivity index (χ1n) is 3.82. The summed E-state index contributed by atoms with van der Waals surface area (Å²) in [6.45, 7) is 13.4. The SMILES string of the molecule is C=BBC(/C=C\C)=C(\C)C=C. The van der Waals surface area contributed by atoms with Gasteiger partial charge in [0.1, 0.15) is 0 Å². The maximum absolute atomic E-state index is 3.72. The third-order valence-electron chi connectivity index (χ3n) is 1.54. The van der Waals surface area contributed by atoms with Gasteiger partial charge in [-0.1, -0.05) is 0 Å². The zero-order valence-electron chi connectivity index (χ0n) is 7.43. The maximum atomic E-state index is 3.72. The Bertz CT molecular complexity index is 200. The van der Waals surface area contributed by atoms with Gasteiger partial charge < -0.3 is 0 Å². The Balaban J connectivity index is 4.54. The van der Waals surface area contributed by atoms with Gasteiger partial charge in [0.05, 0.1) is 0 Å². The molecule has 0 aliphatic carbocycles. The normalized spacial score (nSPS) is 12.2. The molecule has 0 aromatic heterocycles. The van der Waals surface area contributed by atoms with Crippen LogP contribution in [0.3, 0.4) is 0 Å². The fraction of sp³-hybridized carbons (Fsp3) is 0.222. The quantitative estimate of drug-likeness (QED) is 0.414. The van der Waals surface area contributed by atoms with Gasteiger partial charge in [0.25, 0.3) is 0 Å². The van der Waals surface area contributed by atoms with Crippen LogP contribution in [0.15, 0.2) is 35.9 Å². The molecule has 0 radical (unpaired) electrons. The van der Waals surface area contributed by atoms with E-state index >= 15 is 0 Å². The van der Waals surface area contributed by atoms with E-state index in [1.807, 2.05) is 25.9 Å². The van der Waals surface area contributed by atoms with Crippen LogP contribution in [0.25, 0.3) is 0 Å². The summed E-state index contributed by atoms with van der Waals surface area (Å²) < 4.78 is 0. The fourth-order valence-electron chi connectivity index (χ4n) is 0.848. The van der Waals surface area contributed by atoms with Crippen LogP contribution in [0.2, 0.25) is 0 Å². The molecule has 0 N–H and O–H groups in total. The fourth-order valence-corrected chi connectivity index (χ4v) is 0.848. The first-order chi connectivity index (χ1) is 5.26. The Hall–Kier alpha value is -0.780. The Morgan fingerprint density at radius 3 is 2.55 bits per heavy atom. The van der Waals surface area contributed by atoms with Gasteiger partial charge in [-0.3, -0.25) is 0 Å². The number of hydrogen-bond donors (Lipinski definition) is 0. The van der Waals surface area contributed by atoms with Crippen molar-refractivity contribution in [3.63, 3.8) is 0 Å². The summed E-state index contributed by atoms with van der Waals surface area (Å²) in [5, 5.41) is 0. The molecule has 0 saturated carbocycles. The van der Waals surface area contributed by atoms with Crippen molar-refractivity contribution in [3.8, 4) is 0 Å². The minimum absolute atomic E-state index is 0.919. The Morgan fingerprint density at radius 1 is 1.55 bits per heavy atom. The van der Waals surface area contributed by atoms with E-state index in [1.54, 1.807) is 0 Å². The molecule has 0 nitrogen and oxygen atoms in total. The van der Waals surface area contributed by atoms with Crippen molar-refractivity contribution in [3.05, 3.63) is 35.9 Å². The summed E-state index contributed by atoms with van der Waals surface area (Å²) >= 11 is 0. The monoisotopic (exact) mass is 144 g/mol. The second-order valence-electron chi connectivity index (χ2n) is 2.41. The Morgan fingerprint density at radius 2 is 2.18 bits per heavy atom. The molecule has 0 spiro atoms. The standard InChI is InChI=1S/C9H14B2/c1-5-7-9(11-10-4)8(3)6-2/h5-7,11H,2,4H2,1,3H3/b7-5-,9-8+. The van der Waals surface area contributed by atoms with E-state index in [4.69, 9.17) is 0 Å². The van der Waals surface area contributed by atoms with Gasteiger partial charge in [-0.25, -0.2) is 0 Å². The number of allylic oxidation sites excluding steroid dienone is 5. The second kappa shape index (κ2) is 5.96. The predicted octanol–water partition coefficient (Wildman–Crippen LogP) is 1.51. The van der Waals surface area contributed by atoms with Crippen LogP contribution >= 0.6 is 0 Å². The van der Waals surface area contributed by atoms with Crippen LogP contribution in [0.4, 0.5) is 0 Å². The molecule has 11 heavy (non-hydrogen) atoms. The molecular weight excluding hydrogens is 130 g/mol. The van der Waals surface area contributed by atoms with E-state index in [1.165, 1.54) is 11.0 Å². The van der Waals surface area contributed by atoms with Crippen LogP contribution in [-0.4, -0.2) is 20.5 Å². The van der Waals surface area contributed by atoms with Gasteiger partial charge in [-0.15, -0.1) is 0 Å². The van der Waals surface area contributed by atoms with Crippen molar-refractivity contribution in [1.29, 1.82) is 0 Å². The van der Waals surface area contributed by atoms with E-state index in [9.17, 15) is 0 Å². The summed E-state index contributed by atoms with van der Waals surface area (Å²) in [6, 6.07) is 0. The Kier molecular flexibility index (Phi) is 5.54. The van der Waals surface area contributed by atoms with E-state index in [2.05, 4.69) is 26.0 Å². The van der Waals surface area contributed by atoms with Crippen LogP contribution in [0.1, 0.15) is 13.8 Å². The molecule has 0 heterocycles. The predicted molar refractivity (Wildman–Crippen MR) is 57.7 cm³/mol. The molecule has 0 atom stereocenters. The summed E-state index contributed by atoms with van der Waals surface area (Å²) in [5.41, 5.74) is 2.51. The number of rotatable bonds is 4. The van der Waals surface area contributed by atoms with Gasteiger partial charge in [0.2, 0.25) is 0 Å². The van der Waals surface area contributed by atoms with Crippen molar-refractivity contribution in [1.82, 2.24) is 0 Å². The summed E-state index contributed by atoms with van der Waals surface area (Å²) in [5.74, 6) is 0. The molecule has 0 rings (SSSR count). The summed E-state index contributed by atoms with van der Waals surface area (Å²) in [4.78, 5) is 0. The molecule has 0 saturated heterocycles. The zero-order valence-corrected chi connectivity index (χ0v) is 7.43. The molecule has 0 bridgehead atoms. The van der Waals surface area contributed by atoms with Crippen molar-refractivity contribution >= 4 is 20.5 Å². The molecular formula is C9H14B2. The van der Waals surface area contributed by atoms with E-state index in [0.29, 0.717) is 0 Å². The van der Waals surface area contributed by atoms with Crippen molar-refractivity contribution in [2.75, 3.05) is 0 Å². The van der Waals surface area contributed by atoms with Crippen LogP contribution < -0.4 is 0 Å². The van der Waals surface area contributed by atoms with Gasteiger partial charge in [-0.2, -0.15) is 0 Å². The van der Waals surface area contributed by atoms with Gasteiger partial charge in [0.15, 0.2) is 0 Å². The van der Waals surface area contributed by atoms with Crippen molar-refractivity contribution < 1.29 is 0 Å². The van der Waals surface area contributed by atoms with Crippen LogP contribution in [0.5, 0.6) is 0 Å². The number of hydrogen-bond acceptors (Lipinski definition) is 0. The molecule has 0 aliphatic rings. The van der Waals surface area contributed by atoms with Gasteiger partial charge in [0, 0.05) is 0 Å². The molecule has 0 aromatic carbocycles. The average molecular weight is 144 g/mol. The zero-order chi connectivity index (χ0) is 8.69. The first-order valence-corrected chi connectivity index (χ1v) is 3.82. The van der Waals surface area contributed by atoms with Crippen molar-refractivity contribution in [2.24, 2.45) is 0 Å². The molecule has 0 amide bonds. The molecule has 56 valence electrons. The van der Waals surface area contributed by atoms with Crippen LogP contribution in [0, 0.1) is 0 Å². The van der Waals surface area contributed by atoms with Gasteiger partial charge >= 0.3 is 70.2 Å². The second-order valence-corrected chi connectivity index (χ2v) is 2.41. The molecule has 0 aliphatic heterocycles. The third kappa shape index (κ3) is 3.82. The van der Waals surface area contributed by atoms with Crippen molar-refractivity contribution in [2.45, 2.75) is 13.8 Å². The average Bonchev–Trinajstić information content (AvgIpc) is 2.03. The third-order valence-corrected chi connectivity index (χ3v) is 1.54. The van der Waals surface area contributed by atoms with Gasteiger partial charge in [-0.05, 0) is 0 Å². The molecule has 0 aromatic rings. The minimum atomic E-state index is 0.919. The first kappa shape index (κ1) is 10.2. The topological polar surface area (TPSA) is 0 Å². The van der Waals surface area contributed by atoms with E-state index in [0.717, 1.165) is 7.17 Å². The molecule has 0 unspecified atom stereocenters. The molecule has 0 fully saturated rings. The van der Waals surface area contributed by atoms with E-state index in [-0.39, 0.29) is 0 Å². The van der Waals surface area contributed by atoms with Crippen LogP contribution in [-0.2, 0) is 0 Å². The summed E-state index contributed by atoms with van der Waals surface area (Å²) in [7, 11) is 0.919. The Labute approximate surface area is 70.8 Å². The summed E-state index contributed by atoms with van der Waals surface area (Å²) in [6.07, 6.45) is 6.00.